The number of ether oxygens (including phenoxy) is 2. The number of methoxy groups -OCH3 is 1. The Hall–Kier alpha value is -1.50. The Kier molecular flexibility index (Phi) is 5.55. The third-order valence-electron chi connectivity index (χ3n) is 2.22. The van der Waals surface area contributed by atoms with E-state index >= 15 is 0 Å². The van der Waals surface area contributed by atoms with Crippen LogP contribution in [0.2, 0.25) is 0 Å². The van der Waals surface area contributed by atoms with Gasteiger partial charge >= 0.3 is 0 Å². The number of aryl methyl sites for hydroxylation is 1. The first-order chi connectivity index (χ1) is 8.17. The van der Waals surface area contributed by atoms with Gasteiger partial charge in [0, 0.05) is 12.7 Å². The van der Waals surface area contributed by atoms with Crippen molar-refractivity contribution >= 4 is 0 Å². The monoisotopic (exact) mass is 234 g/mol. The average molecular weight is 234 g/mol. The van der Waals surface area contributed by atoms with E-state index in [0.717, 1.165) is 16.9 Å². The van der Waals surface area contributed by atoms with Crippen LogP contribution >= 0.6 is 0 Å². The van der Waals surface area contributed by atoms with Crippen molar-refractivity contribution in [1.29, 1.82) is 0 Å². The van der Waals surface area contributed by atoms with Crippen LogP contribution in [0, 0.1) is 18.8 Å². The van der Waals surface area contributed by atoms with E-state index in [9.17, 15) is 0 Å². The molecule has 0 aliphatic carbocycles. The van der Waals surface area contributed by atoms with Gasteiger partial charge in [0.15, 0.2) is 0 Å². The highest BCUT2D eigenvalue weighted by Gasteiger charge is 2.06. The molecular weight excluding hydrogens is 216 g/mol. The van der Waals surface area contributed by atoms with Crippen LogP contribution in [0.3, 0.4) is 0 Å². The molecule has 1 atom stereocenters. The van der Waals surface area contributed by atoms with Gasteiger partial charge in [0.1, 0.15) is 18.5 Å². The van der Waals surface area contributed by atoms with Crippen LogP contribution in [0.1, 0.15) is 18.1 Å². The summed E-state index contributed by atoms with van der Waals surface area (Å²) in [7, 11) is 1.65. The second kappa shape index (κ2) is 6.95. The summed E-state index contributed by atoms with van der Waals surface area (Å²) in [6.07, 6.45) is 0.0214. The fraction of sp³-hybridized carbons (Fsp3) is 0.429. The van der Waals surface area contributed by atoms with Crippen LogP contribution in [0.25, 0.3) is 0 Å². The first kappa shape index (κ1) is 13.6. The van der Waals surface area contributed by atoms with Gasteiger partial charge in [-0.2, -0.15) is 0 Å². The SMILES string of the molecule is COCC(C)Oc1ccc(C#CCO)cc1C. The molecule has 0 radical (unpaired) electrons. The number of benzene rings is 1. The minimum absolute atomic E-state index is 0.0214. The number of rotatable bonds is 4. The lowest BCUT2D eigenvalue weighted by atomic mass is 10.1. The standard InChI is InChI=1S/C14H18O3/c1-11-9-13(5-4-8-15)6-7-14(11)17-12(2)10-16-3/h6-7,9,12,15H,8,10H2,1-3H3. The van der Waals surface area contributed by atoms with E-state index < -0.39 is 0 Å². The van der Waals surface area contributed by atoms with Crippen LogP contribution in [0.15, 0.2) is 18.2 Å². The van der Waals surface area contributed by atoms with Gasteiger partial charge in [0.25, 0.3) is 0 Å². The second-order valence-electron chi connectivity index (χ2n) is 3.82. The van der Waals surface area contributed by atoms with Crippen molar-refractivity contribution in [2.45, 2.75) is 20.0 Å². The topological polar surface area (TPSA) is 38.7 Å². The van der Waals surface area contributed by atoms with Crippen LogP contribution in [-0.2, 0) is 4.74 Å². The molecule has 0 aliphatic rings. The van der Waals surface area contributed by atoms with E-state index in [1.54, 1.807) is 7.11 Å². The number of aliphatic hydroxyl groups excluding tert-OH is 1. The lowest BCUT2D eigenvalue weighted by molar-refractivity contribution is 0.0916. The van der Waals surface area contributed by atoms with Gasteiger partial charge in [-0.1, -0.05) is 11.8 Å². The summed E-state index contributed by atoms with van der Waals surface area (Å²) in [4.78, 5) is 0. The second-order valence-corrected chi connectivity index (χ2v) is 3.82. The largest absolute Gasteiger partial charge is 0.488 e. The van der Waals surface area contributed by atoms with Gasteiger partial charge in [0.2, 0.25) is 0 Å². The van der Waals surface area contributed by atoms with E-state index in [-0.39, 0.29) is 12.7 Å². The zero-order chi connectivity index (χ0) is 12.7. The fourth-order valence-corrected chi connectivity index (χ4v) is 1.49. The zero-order valence-corrected chi connectivity index (χ0v) is 10.5. The Balaban J connectivity index is 2.75. The summed E-state index contributed by atoms with van der Waals surface area (Å²) >= 11 is 0. The van der Waals surface area contributed by atoms with E-state index in [1.807, 2.05) is 32.0 Å². The molecule has 0 aliphatic heterocycles. The molecule has 0 heterocycles. The molecule has 1 aromatic carbocycles. The van der Waals surface area contributed by atoms with Crippen LogP contribution in [0.5, 0.6) is 5.75 Å². The smallest absolute Gasteiger partial charge is 0.122 e. The van der Waals surface area contributed by atoms with Crippen LogP contribution in [-0.4, -0.2) is 31.5 Å². The molecule has 0 aromatic heterocycles. The maximum atomic E-state index is 8.62. The van der Waals surface area contributed by atoms with Crippen molar-refractivity contribution in [3.8, 4) is 17.6 Å². The first-order valence-electron chi connectivity index (χ1n) is 5.53. The van der Waals surface area contributed by atoms with Crippen molar-refractivity contribution in [2.75, 3.05) is 20.3 Å². The van der Waals surface area contributed by atoms with Gasteiger partial charge in [0.05, 0.1) is 6.61 Å². The van der Waals surface area contributed by atoms with Gasteiger partial charge in [-0.3, -0.25) is 0 Å². The number of hydrogen-bond acceptors (Lipinski definition) is 3. The molecule has 3 heteroatoms. The molecule has 17 heavy (non-hydrogen) atoms. The number of aliphatic hydroxyl groups is 1. The van der Waals surface area contributed by atoms with Crippen molar-refractivity contribution in [3.63, 3.8) is 0 Å². The maximum Gasteiger partial charge on any atom is 0.122 e. The minimum atomic E-state index is -0.123. The molecule has 3 nitrogen and oxygen atoms in total. The van der Waals surface area contributed by atoms with Gasteiger partial charge < -0.3 is 14.6 Å². The highest BCUT2D eigenvalue weighted by atomic mass is 16.5. The minimum Gasteiger partial charge on any atom is -0.488 e. The van der Waals surface area contributed by atoms with Crippen LogP contribution in [0.4, 0.5) is 0 Å². The highest BCUT2D eigenvalue weighted by molar-refractivity contribution is 5.43. The molecule has 1 rings (SSSR count). The van der Waals surface area contributed by atoms with Crippen molar-refractivity contribution in [3.05, 3.63) is 29.3 Å². The molecule has 0 saturated heterocycles. The van der Waals surface area contributed by atoms with E-state index in [0.29, 0.717) is 6.61 Å². The Morgan fingerprint density at radius 3 is 2.76 bits per heavy atom. The normalized spacial score (nSPS) is 11.5. The molecule has 0 bridgehead atoms. The summed E-state index contributed by atoms with van der Waals surface area (Å²) in [5, 5.41) is 8.62. The van der Waals surface area contributed by atoms with E-state index in [4.69, 9.17) is 14.6 Å². The molecule has 0 spiro atoms. The van der Waals surface area contributed by atoms with Crippen molar-refractivity contribution in [1.82, 2.24) is 0 Å². The van der Waals surface area contributed by atoms with Crippen LogP contribution < -0.4 is 4.74 Å². The van der Waals surface area contributed by atoms with E-state index in [2.05, 4.69) is 11.8 Å². The molecule has 1 unspecified atom stereocenters. The third-order valence-corrected chi connectivity index (χ3v) is 2.22. The van der Waals surface area contributed by atoms with Gasteiger partial charge in [-0.05, 0) is 37.6 Å². The van der Waals surface area contributed by atoms with Gasteiger partial charge in [-0.25, -0.2) is 0 Å². The molecular formula is C14H18O3. The zero-order valence-electron chi connectivity index (χ0n) is 10.5. The maximum absolute atomic E-state index is 8.62. The van der Waals surface area contributed by atoms with Gasteiger partial charge in [-0.15, -0.1) is 0 Å². The third kappa shape index (κ3) is 4.48. The van der Waals surface area contributed by atoms with Crippen molar-refractivity contribution in [2.24, 2.45) is 0 Å². The highest BCUT2D eigenvalue weighted by Crippen LogP contribution is 2.20. The Bertz CT molecular complexity index is 415. The Morgan fingerprint density at radius 1 is 1.41 bits per heavy atom. The summed E-state index contributed by atoms with van der Waals surface area (Å²) in [5.74, 6) is 6.31. The lowest BCUT2D eigenvalue weighted by Crippen LogP contribution is -2.18. The average Bonchev–Trinajstić information content (AvgIpc) is 2.30. The molecule has 0 saturated carbocycles. The van der Waals surface area contributed by atoms with E-state index in [1.165, 1.54) is 0 Å². The summed E-state index contributed by atoms with van der Waals surface area (Å²) < 4.78 is 10.7. The lowest BCUT2D eigenvalue weighted by Gasteiger charge is -2.15. The predicted octanol–water partition coefficient (Wildman–Crippen LogP) is 1.75. The summed E-state index contributed by atoms with van der Waals surface area (Å²) in [5.41, 5.74) is 1.90. The first-order valence-corrected chi connectivity index (χ1v) is 5.53. The number of hydrogen-bond donors (Lipinski definition) is 1. The molecule has 1 N–H and O–H groups in total. The molecule has 0 amide bonds. The Morgan fingerprint density at radius 2 is 2.18 bits per heavy atom. The summed E-state index contributed by atoms with van der Waals surface area (Å²) in [6, 6.07) is 5.71. The fourth-order valence-electron chi connectivity index (χ4n) is 1.49. The Labute approximate surface area is 102 Å². The quantitative estimate of drug-likeness (QED) is 0.807. The molecule has 1 aromatic rings. The predicted molar refractivity (Wildman–Crippen MR) is 67.1 cm³/mol. The molecule has 92 valence electrons. The van der Waals surface area contributed by atoms with Crippen molar-refractivity contribution < 1.29 is 14.6 Å². The summed E-state index contributed by atoms with van der Waals surface area (Å²) in [6.45, 7) is 4.37. The molecule has 0 fully saturated rings.